The molecular weight excluding hydrogens is 378 g/mol. The van der Waals surface area contributed by atoms with Crippen LogP contribution in [0.5, 0.6) is 11.5 Å². The summed E-state index contributed by atoms with van der Waals surface area (Å²) in [7, 11) is 5.41. The summed E-state index contributed by atoms with van der Waals surface area (Å²) in [4.78, 5) is 4.79. The highest BCUT2D eigenvalue weighted by Crippen LogP contribution is 2.38. The molecule has 1 aromatic carbocycles. The molecule has 1 saturated heterocycles. The number of benzene rings is 1. The maximum atomic E-state index is 6.57. The van der Waals surface area contributed by atoms with Crippen LogP contribution in [0.2, 0.25) is 5.02 Å². The predicted octanol–water partition coefficient (Wildman–Crippen LogP) is 2.43. The minimum Gasteiger partial charge on any atom is -0.493 e. The summed E-state index contributed by atoms with van der Waals surface area (Å²) in [5.41, 5.74) is 1.06. The molecule has 2 aliphatic heterocycles. The van der Waals surface area contributed by atoms with Gasteiger partial charge in [0.05, 0.1) is 19.2 Å². The molecule has 8 heteroatoms. The van der Waals surface area contributed by atoms with E-state index < -0.39 is 0 Å². The minimum absolute atomic E-state index is 0.420. The van der Waals surface area contributed by atoms with Gasteiger partial charge in [-0.25, -0.2) is 0 Å². The molecule has 0 saturated carbocycles. The van der Waals surface area contributed by atoms with Crippen molar-refractivity contribution in [3.63, 3.8) is 0 Å². The fraction of sp³-hybridized carbons (Fsp3) is 0.600. The number of hydrogen-bond acceptors (Lipinski definition) is 6. The van der Waals surface area contributed by atoms with Crippen LogP contribution in [0.4, 0.5) is 0 Å². The zero-order chi connectivity index (χ0) is 19.7. The SMILES string of the molecule is COc1ccc(CN2CCC(c3nnc4n3CCN(C)CC4)C2)c(Cl)c1OC. The lowest BCUT2D eigenvalue weighted by Gasteiger charge is -2.19. The van der Waals surface area contributed by atoms with Crippen molar-refractivity contribution in [3.8, 4) is 11.5 Å². The summed E-state index contributed by atoms with van der Waals surface area (Å²) in [5.74, 6) is 3.95. The standard InChI is InChI=1S/C20H28ClN5O2/c1-24-8-7-17-22-23-20(26(17)11-10-24)15-6-9-25(13-15)12-14-4-5-16(27-2)19(28-3)18(14)21/h4-5,15H,6-13H2,1-3H3. The van der Waals surface area contributed by atoms with Gasteiger partial charge < -0.3 is 18.9 Å². The summed E-state index contributed by atoms with van der Waals surface area (Å²) < 4.78 is 13.1. The van der Waals surface area contributed by atoms with Gasteiger partial charge in [0.2, 0.25) is 0 Å². The van der Waals surface area contributed by atoms with Crippen molar-refractivity contribution in [1.82, 2.24) is 24.6 Å². The third kappa shape index (κ3) is 3.71. The third-order valence-electron chi connectivity index (χ3n) is 5.87. The smallest absolute Gasteiger partial charge is 0.179 e. The summed E-state index contributed by atoms with van der Waals surface area (Å²) >= 11 is 6.57. The highest BCUT2D eigenvalue weighted by Gasteiger charge is 2.30. The number of methoxy groups -OCH3 is 2. The maximum absolute atomic E-state index is 6.57. The van der Waals surface area contributed by atoms with Crippen molar-refractivity contribution in [2.75, 3.05) is 47.4 Å². The number of likely N-dealkylation sites (tertiary alicyclic amines) is 1. The van der Waals surface area contributed by atoms with Crippen molar-refractivity contribution in [2.45, 2.75) is 31.8 Å². The van der Waals surface area contributed by atoms with E-state index in [1.807, 2.05) is 12.1 Å². The van der Waals surface area contributed by atoms with Crippen molar-refractivity contribution in [3.05, 3.63) is 34.4 Å². The van der Waals surface area contributed by atoms with Gasteiger partial charge in [0, 0.05) is 45.1 Å². The molecular formula is C20H28ClN5O2. The largest absolute Gasteiger partial charge is 0.493 e. The molecule has 152 valence electrons. The molecule has 2 aromatic rings. The van der Waals surface area contributed by atoms with E-state index >= 15 is 0 Å². The van der Waals surface area contributed by atoms with E-state index in [0.717, 1.165) is 69.3 Å². The number of halogens is 1. The van der Waals surface area contributed by atoms with Crippen LogP contribution in [0.25, 0.3) is 0 Å². The summed E-state index contributed by atoms with van der Waals surface area (Å²) in [6, 6.07) is 3.94. The molecule has 3 heterocycles. The average molecular weight is 406 g/mol. The molecule has 1 unspecified atom stereocenters. The van der Waals surface area contributed by atoms with E-state index in [0.29, 0.717) is 22.4 Å². The number of likely N-dealkylation sites (N-methyl/N-ethyl adjacent to an activating group) is 1. The Hall–Kier alpha value is -1.83. The van der Waals surface area contributed by atoms with Crippen LogP contribution >= 0.6 is 11.6 Å². The van der Waals surface area contributed by atoms with Gasteiger partial charge in [-0.2, -0.15) is 0 Å². The van der Waals surface area contributed by atoms with Crippen LogP contribution in [-0.4, -0.2) is 72.0 Å². The van der Waals surface area contributed by atoms with Gasteiger partial charge in [-0.1, -0.05) is 17.7 Å². The van der Waals surface area contributed by atoms with Crippen molar-refractivity contribution < 1.29 is 9.47 Å². The van der Waals surface area contributed by atoms with Gasteiger partial charge in [0.15, 0.2) is 11.5 Å². The fourth-order valence-electron chi connectivity index (χ4n) is 4.23. The highest BCUT2D eigenvalue weighted by molar-refractivity contribution is 6.33. The maximum Gasteiger partial charge on any atom is 0.179 e. The summed E-state index contributed by atoms with van der Waals surface area (Å²) in [5, 5.41) is 9.67. The molecule has 0 aliphatic carbocycles. The van der Waals surface area contributed by atoms with E-state index in [1.54, 1.807) is 14.2 Å². The van der Waals surface area contributed by atoms with E-state index in [-0.39, 0.29) is 0 Å². The van der Waals surface area contributed by atoms with Crippen LogP contribution in [0.3, 0.4) is 0 Å². The molecule has 1 fully saturated rings. The summed E-state index contributed by atoms with van der Waals surface area (Å²) in [6.45, 7) is 5.87. The van der Waals surface area contributed by atoms with Gasteiger partial charge in [-0.3, -0.25) is 4.90 Å². The Balaban J connectivity index is 1.47. The average Bonchev–Trinajstić information content (AvgIpc) is 3.28. The summed E-state index contributed by atoms with van der Waals surface area (Å²) in [6.07, 6.45) is 2.07. The molecule has 0 amide bonds. The fourth-order valence-corrected chi connectivity index (χ4v) is 4.53. The Morgan fingerprint density at radius 2 is 1.96 bits per heavy atom. The van der Waals surface area contributed by atoms with Gasteiger partial charge in [0.1, 0.15) is 11.6 Å². The first-order valence-electron chi connectivity index (χ1n) is 9.83. The molecule has 0 N–H and O–H groups in total. The Bertz CT molecular complexity index is 840. The second kappa shape index (κ2) is 8.27. The number of ether oxygens (including phenoxy) is 2. The Morgan fingerprint density at radius 3 is 2.75 bits per heavy atom. The Kier molecular flexibility index (Phi) is 5.75. The van der Waals surface area contributed by atoms with Gasteiger partial charge in [-0.15, -0.1) is 10.2 Å². The number of nitrogens with zero attached hydrogens (tertiary/aromatic N) is 5. The third-order valence-corrected chi connectivity index (χ3v) is 6.29. The monoisotopic (exact) mass is 405 g/mol. The lowest BCUT2D eigenvalue weighted by atomic mass is 10.1. The van der Waals surface area contributed by atoms with Crippen LogP contribution in [0.15, 0.2) is 12.1 Å². The predicted molar refractivity (Wildman–Crippen MR) is 108 cm³/mol. The molecule has 0 radical (unpaired) electrons. The van der Waals surface area contributed by atoms with Gasteiger partial charge >= 0.3 is 0 Å². The van der Waals surface area contributed by atoms with Gasteiger partial charge in [-0.05, 0) is 31.6 Å². The van der Waals surface area contributed by atoms with Gasteiger partial charge in [0.25, 0.3) is 0 Å². The van der Waals surface area contributed by atoms with Crippen molar-refractivity contribution >= 4 is 11.6 Å². The van der Waals surface area contributed by atoms with E-state index in [4.69, 9.17) is 21.1 Å². The topological polar surface area (TPSA) is 55.7 Å². The number of aromatic nitrogens is 3. The number of rotatable bonds is 5. The number of fused-ring (bicyclic) bond motifs is 1. The second-order valence-electron chi connectivity index (χ2n) is 7.67. The first kappa shape index (κ1) is 19.5. The zero-order valence-electron chi connectivity index (χ0n) is 16.8. The lowest BCUT2D eigenvalue weighted by Crippen LogP contribution is -2.23. The van der Waals surface area contributed by atoms with Crippen molar-refractivity contribution in [2.24, 2.45) is 0 Å². The lowest BCUT2D eigenvalue weighted by molar-refractivity contribution is 0.320. The normalized spacial score (nSPS) is 20.8. The molecule has 1 atom stereocenters. The number of hydrogen-bond donors (Lipinski definition) is 0. The molecule has 7 nitrogen and oxygen atoms in total. The molecule has 0 bridgehead atoms. The molecule has 2 aliphatic rings. The highest BCUT2D eigenvalue weighted by atomic mass is 35.5. The van der Waals surface area contributed by atoms with E-state index in [9.17, 15) is 0 Å². The van der Waals surface area contributed by atoms with Crippen LogP contribution in [0, 0.1) is 0 Å². The molecule has 4 rings (SSSR count). The van der Waals surface area contributed by atoms with E-state index in [1.165, 1.54) is 0 Å². The Morgan fingerprint density at radius 1 is 1.11 bits per heavy atom. The molecule has 1 aromatic heterocycles. The quantitative estimate of drug-likeness (QED) is 0.761. The minimum atomic E-state index is 0.420. The molecule has 0 spiro atoms. The van der Waals surface area contributed by atoms with Crippen LogP contribution in [-0.2, 0) is 19.5 Å². The first-order chi connectivity index (χ1) is 13.6. The first-order valence-corrected chi connectivity index (χ1v) is 10.2. The zero-order valence-corrected chi connectivity index (χ0v) is 17.6. The van der Waals surface area contributed by atoms with E-state index in [2.05, 4.69) is 31.6 Å². The second-order valence-corrected chi connectivity index (χ2v) is 8.05. The van der Waals surface area contributed by atoms with Crippen LogP contribution < -0.4 is 9.47 Å². The Labute approximate surface area is 171 Å². The molecule has 28 heavy (non-hydrogen) atoms. The van der Waals surface area contributed by atoms with Crippen LogP contribution in [0.1, 0.15) is 29.6 Å². The van der Waals surface area contributed by atoms with Crippen molar-refractivity contribution in [1.29, 1.82) is 0 Å².